The van der Waals surface area contributed by atoms with Crippen LogP contribution in [-0.4, -0.2) is 45.7 Å². The van der Waals surface area contributed by atoms with E-state index in [0.29, 0.717) is 42.9 Å². The number of guanidine groups is 1. The van der Waals surface area contributed by atoms with Crippen molar-refractivity contribution in [3.05, 3.63) is 48.0 Å². The molecule has 0 atom stereocenters. The maximum Gasteiger partial charge on any atom is 0.422 e. The standard InChI is InChI=1S/C20H22F3N3O4/c1-24-19(25-8-9-27-16-6-7-17-18(10-16)30-13-29-17)26-11-14-2-4-15(5-3-14)28-12-20(21,22)23/h2-7,10H,8-9,11-13H2,1H3,(H2,24,25,26). The molecular weight excluding hydrogens is 403 g/mol. The number of benzene rings is 2. The van der Waals surface area contributed by atoms with Gasteiger partial charge in [0.2, 0.25) is 6.79 Å². The maximum absolute atomic E-state index is 12.2. The molecule has 1 aliphatic rings. The number of ether oxygens (including phenoxy) is 4. The summed E-state index contributed by atoms with van der Waals surface area (Å²) in [5, 5.41) is 6.24. The third-order valence-corrected chi connectivity index (χ3v) is 4.02. The van der Waals surface area contributed by atoms with Gasteiger partial charge in [-0.05, 0) is 29.8 Å². The molecule has 0 radical (unpaired) electrons. The predicted octanol–water partition coefficient (Wildman–Crippen LogP) is 3.10. The number of nitrogens with zero attached hydrogens (tertiary/aromatic N) is 1. The van der Waals surface area contributed by atoms with E-state index in [1.165, 1.54) is 12.1 Å². The monoisotopic (exact) mass is 425 g/mol. The van der Waals surface area contributed by atoms with E-state index in [1.54, 1.807) is 31.3 Å². The van der Waals surface area contributed by atoms with Crippen LogP contribution in [0.4, 0.5) is 13.2 Å². The van der Waals surface area contributed by atoms with Gasteiger partial charge in [0.25, 0.3) is 0 Å². The smallest absolute Gasteiger partial charge is 0.422 e. The number of hydrogen-bond donors (Lipinski definition) is 2. The lowest BCUT2D eigenvalue weighted by Gasteiger charge is -2.13. The van der Waals surface area contributed by atoms with Gasteiger partial charge in [0.05, 0.1) is 6.54 Å². The maximum atomic E-state index is 12.2. The summed E-state index contributed by atoms with van der Waals surface area (Å²) in [5.41, 5.74) is 0.869. The summed E-state index contributed by atoms with van der Waals surface area (Å²) >= 11 is 0. The summed E-state index contributed by atoms with van der Waals surface area (Å²) in [5.74, 6) is 2.77. The lowest BCUT2D eigenvalue weighted by Crippen LogP contribution is -2.38. The Morgan fingerprint density at radius 3 is 2.47 bits per heavy atom. The molecule has 1 heterocycles. The molecule has 0 aliphatic carbocycles. The van der Waals surface area contributed by atoms with E-state index in [1.807, 2.05) is 6.07 Å². The predicted molar refractivity (Wildman–Crippen MR) is 104 cm³/mol. The molecule has 0 unspecified atom stereocenters. The van der Waals surface area contributed by atoms with Crippen molar-refractivity contribution in [1.29, 1.82) is 0 Å². The highest BCUT2D eigenvalue weighted by molar-refractivity contribution is 5.79. The molecule has 10 heteroatoms. The zero-order valence-corrected chi connectivity index (χ0v) is 16.3. The van der Waals surface area contributed by atoms with Crippen molar-refractivity contribution in [3.63, 3.8) is 0 Å². The molecular formula is C20H22F3N3O4. The summed E-state index contributed by atoms with van der Waals surface area (Å²) in [7, 11) is 1.64. The van der Waals surface area contributed by atoms with E-state index >= 15 is 0 Å². The van der Waals surface area contributed by atoms with Crippen molar-refractivity contribution in [2.45, 2.75) is 12.7 Å². The Morgan fingerprint density at radius 1 is 1.00 bits per heavy atom. The lowest BCUT2D eigenvalue weighted by atomic mass is 10.2. The summed E-state index contributed by atoms with van der Waals surface area (Å²) < 4.78 is 57.4. The molecule has 0 aromatic heterocycles. The van der Waals surface area contributed by atoms with Crippen LogP contribution in [0.1, 0.15) is 5.56 Å². The Morgan fingerprint density at radius 2 is 1.73 bits per heavy atom. The molecule has 0 fully saturated rings. The normalized spacial score (nSPS) is 13.1. The number of hydrogen-bond acceptors (Lipinski definition) is 5. The van der Waals surface area contributed by atoms with Crippen LogP contribution in [0.3, 0.4) is 0 Å². The fourth-order valence-corrected chi connectivity index (χ4v) is 2.58. The van der Waals surface area contributed by atoms with E-state index in [-0.39, 0.29) is 12.5 Å². The highest BCUT2D eigenvalue weighted by Crippen LogP contribution is 2.34. The van der Waals surface area contributed by atoms with Gasteiger partial charge in [-0.25, -0.2) is 0 Å². The van der Waals surface area contributed by atoms with Crippen LogP contribution < -0.4 is 29.6 Å². The topological polar surface area (TPSA) is 73.3 Å². The third kappa shape index (κ3) is 6.64. The molecule has 0 saturated heterocycles. The summed E-state index contributed by atoms with van der Waals surface area (Å²) in [4.78, 5) is 4.12. The third-order valence-electron chi connectivity index (χ3n) is 4.02. The van der Waals surface area contributed by atoms with Crippen LogP contribution in [0.5, 0.6) is 23.0 Å². The van der Waals surface area contributed by atoms with Crippen LogP contribution in [0, 0.1) is 0 Å². The van der Waals surface area contributed by atoms with Crippen molar-refractivity contribution in [2.75, 3.05) is 33.6 Å². The minimum Gasteiger partial charge on any atom is -0.492 e. The molecule has 0 saturated carbocycles. The SMILES string of the molecule is CN=C(NCCOc1ccc2c(c1)OCO2)NCc1ccc(OCC(F)(F)F)cc1. The van der Waals surface area contributed by atoms with Gasteiger partial charge < -0.3 is 29.6 Å². The van der Waals surface area contributed by atoms with Crippen molar-refractivity contribution in [3.8, 4) is 23.0 Å². The van der Waals surface area contributed by atoms with Crippen LogP contribution in [0.15, 0.2) is 47.5 Å². The minimum absolute atomic E-state index is 0.166. The second-order valence-corrected chi connectivity index (χ2v) is 6.26. The second-order valence-electron chi connectivity index (χ2n) is 6.26. The quantitative estimate of drug-likeness (QED) is 0.385. The first-order valence-corrected chi connectivity index (χ1v) is 9.18. The van der Waals surface area contributed by atoms with Crippen LogP contribution in [-0.2, 0) is 6.54 Å². The fourth-order valence-electron chi connectivity index (χ4n) is 2.58. The molecule has 2 aromatic carbocycles. The Kier molecular flexibility index (Phi) is 7.10. The number of fused-ring (bicyclic) bond motifs is 1. The van der Waals surface area contributed by atoms with Gasteiger partial charge in [-0.3, -0.25) is 4.99 Å². The van der Waals surface area contributed by atoms with Gasteiger partial charge in [-0.2, -0.15) is 13.2 Å². The van der Waals surface area contributed by atoms with Gasteiger partial charge in [0, 0.05) is 19.7 Å². The van der Waals surface area contributed by atoms with Gasteiger partial charge in [0.15, 0.2) is 24.1 Å². The number of rotatable bonds is 8. The molecule has 0 bridgehead atoms. The van der Waals surface area contributed by atoms with E-state index in [9.17, 15) is 13.2 Å². The van der Waals surface area contributed by atoms with Crippen molar-refractivity contribution >= 4 is 5.96 Å². The average Bonchev–Trinajstić information content (AvgIpc) is 3.20. The summed E-state index contributed by atoms with van der Waals surface area (Å²) in [6.07, 6.45) is -4.36. The molecule has 30 heavy (non-hydrogen) atoms. The van der Waals surface area contributed by atoms with Gasteiger partial charge >= 0.3 is 6.18 Å². The molecule has 0 spiro atoms. The van der Waals surface area contributed by atoms with Crippen molar-refractivity contribution in [2.24, 2.45) is 4.99 Å². The van der Waals surface area contributed by atoms with Gasteiger partial charge in [-0.1, -0.05) is 12.1 Å². The largest absolute Gasteiger partial charge is 0.492 e. The molecule has 7 nitrogen and oxygen atoms in total. The zero-order valence-electron chi connectivity index (χ0n) is 16.3. The minimum atomic E-state index is -4.36. The molecule has 2 aromatic rings. The first-order valence-electron chi connectivity index (χ1n) is 9.18. The van der Waals surface area contributed by atoms with E-state index in [0.717, 1.165) is 5.56 Å². The number of alkyl halides is 3. The Bertz CT molecular complexity index is 857. The second kappa shape index (κ2) is 9.95. The lowest BCUT2D eigenvalue weighted by molar-refractivity contribution is -0.153. The number of aliphatic imine (C=N–C) groups is 1. The highest BCUT2D eigenvalue weighted by Gasteiger charge is 2.28. The Balaban J connectivity index is 1.36. The van der Waals surface area contributed by atoms with Crippen molar-refractivity contribution < 1.29 is 32.1 Å². The molecule has 3 rings (SSSR count). The first kappa shape index (κ1) is 21.4. The van der Waals surface area contributed by atoms with E-state index < -0.39 is 12.8 Å². The zero-order chi connectivity index (χ0) is 21.4. The van der Waals surface area contributed by atoms with Crippen LogP contribution in [0.2, 0.25) is 0 Å². The average molecular weight is 425 g/mol. The molecule has 1 aliphatic heterocycles. The fraction of sp³-hybridized carbons (Fsp3) is 0.350. The Labute approximate surface area is 171 Å². The van der Waals surface area contributed by atoms with E-state index in [2.05, 4.69) is 20.4 Å². The molecule has 162 valence electrons. The highest BCUT2D eigenvalue weighted by atomic mass is 19.4. The van der Waals surface area contributed by atoms with Crippen LogP contribution in [0.25, 0.3) is 0 Å². The van der Waals surface area contributed by atoms with Crippen LogP contribution >= 0.6 is 0 Å². The summed E-state index contributed by atoms with van der Waals surface area (Å²) in [6.45, 7) is 0.271. The summed E-state index contributed by atoms with van der Waals surface area (Å²) in [6, 6.07) is 11.8. The van der Waals surface area contributed by atoms with Crippen molar-refractivity contribution in [1.82, 2.24) is 10.6 Å². The molecule has 0 amide bonds. The van der Waals surface area contributed by atoms with Gasteiger partial charge in [-0.15, -0.1) is 0 Å². The molecule has 2 N–H and O–H groups in total. The number of halogens is 3. The van der Waals surface area contributed by atoms with E-state index in [4.69, 9.17) is 14.2 Å². The first-order chi connectivity index (χ1) is 14.4. The Hall–Kier alpha value is -3.30. The number of nitrogens with one attached hydrogen (secondary N) is 2. The van der Waals surface area contributed by atoms with Gasteiger partial charge in [0.1, 0.15) is 18.1 Å².